The number of hydrogen-bond donors (Lipinski definition) is 0. The van der Waals surface area contributed by atoms with E-state index in [-0.39, 0.29) is 5.41 Å². The van der Waals surface area contributed by atoms with E-state index in [1.807, 2.05) is 6.20 Å². The van der Waals surface area contributed by atoms with E-state index in [1.165, 1.54) is 66.6 Å². The number of hydrogen-bond acceptors (Lipinski definition) is 2. The Labute approximate surface area is 208 Å². The molecular weight excluding hydrogens is 436 g/mol. The lowest BCUT2D eigenvalue weighted by Gasteiger charge is -2.30. The molecule has 0 N–H and O–H groups in total. The summed E-state index contributed by atoms with van der Waals surface area (Å²) in [4.78, 5) is 9.76. The normalized spacial score (nSPS) is 17.4. The fraction of sp³-hybridized carbons (Fsp3) is 0.0588. The van der Waals surface area contributed by atoms with Crippen molar-refractivity contribution in [1.82, 2.24) is 9.97 Å². The molecule has 2 nitrogen and oxygen atoms in total. The summed E-state index contributed by atoms with van der Waals surface area (Å²) in [6.07, 6.45) is 4.99. The number of pyridine rings is 2. The summed E-state index contributed by atoms with van der Waals surface area (Å²) in [6.45, 7) is 0. The Balaban J connectivity index is 1.46. The molecule has 0 saturated heterocycles. The number of fused-ring (bicyclic) bond motifs is 15. The van der Waals surface area contributed by atoms with Gasteiger partial charge in [0, 0.05) is 29.8 Å². The second-order valence-corrected chi connectivity index (χ2v) is 10.1. The molecule has 6 aromatic rings. The third-order valence-corrected chi connectivity index (χ3v) is 8.58. The van der Waals surface area contributed by atoms with E-state index in [2.05, 4.69) is 103 Å². The van der Waals surface area contributed by atoms with E-state index in [1.54, 1.807) is 0 Å². The summed E-state index contributed by atoms with van der Waals surface area (Å²) in [6, 6.07) is 35.7. The van der Waals surface area contributed by atoms with Crippen LogP contribution in [-0.4, -0.2) is 9.97 Å². The molecule has 3 aliphatic carbocycles. The Hall–Kier alpha value is -4.56. The van der Waals surface area contributed by atoms with Crippen LogP contribution in [0.25, 0.3) is 44.4 Å². The van der Waals surface area contributed by atoms with Gasteiger partial charge in [-0.15, -0.1) is 0 Å². The molecule has 0 amide bonds. The van der Waals surface area contributed by atoms with Gasteiger partial charge in [-0.25, -0.2) is 0 Å². The third-order valence-electron chi connectivity index (χ3n) is 8.58. The van der Waals surface area contributed by atoms with Gasteiger partial charge in [0.05, 0.1) is 16.6 Å². The Morgan fingerprint density at radius 3 is 2.25 bits per heavy atom. The molecule has 2 heteroatoms. The predicted molar refractivity (Wildman–Crippen MR) is 144 cm³/mol. The number of aromatic nitrogens is 2. The van der Waals surface area contributed by atoms with Crippen molar-refractivity contribution in [2.24, 2.45) is 0 Å². The van der Waals surface area contributed by atoms with Gasteiger partial charge in [-0.1, -0.05) is 78.9 Å². The standard InChI is InChI=1S/C34H20N2/c1-4-12-27-22(9-1)26-18-25-21(16-20-8-7-15-35-33(20)25)17-29(26)34(27)28-13-5-2-10-23(28)32-24-11-3-6-14-31(24)36-19-30(32)34/h1-15,17-19H,16H2. The highest BCUT2D eigenvalue weighted by Gasteiger charge is 2.52. The monoisotopic (exact) mass is 456 g/mol. The van der Waals surface area contributed by atoms with Crippen molar-refractivity contribution in [3.05, 3.63) is 143 Å². The van der Waals surface area contributed by atoms with E-state index in [9.17, 15) is 0 Å². The molecule has 1 spiro atoms. The molecule has 1 atom stereocenters. The minimum Gasteiger partial charge on any atom is -0.256 e. The van der Waals surface area contributed by atoms with Crippen molar-refractivity contribution < 1.29 is 0 Å². The molecule has 2 aromatic heterocycles. The zero-order valence-electron chi connectivity index (χ0n) is 19.5. The lowest BCUT2D eigenvalue weighted by Crippen LogP contribution is -2.26. The van der Waals surface area contributed by atoms with Gasteiger partial charge < -0.3 is 0 Å². The van der Waals surface area contributed by atoms with Crippen LogP contribution in [0.15, 0.2) is 109 Å². The largest absolute Gasteiger partial charge is 0.256 e. The van der Waals surface area contributed by atoms with Gasteiger partial charge in [0.25, 0.3) is 0 Å². The first-order valence-corrected chi connectivity index (χ1v) is 12.6. The van der Waals surface area contributed by atoms with Crippen molar-refractivity contribution in [2.75, 3.05) is 0 Å². The molecule has 0 bridgehead atoms. The van der Waals surface area contributed by atoms with Gasteiger partial charge >= 0.3 is 0 Å². The van der Waals surface area contributed by atoms with E-state index in [4.69, 9.17) is 9.97 Å². The van der Waals surface area contributed by atoms with Gasteiger partial charge in [-0.3, -0.25) is 9.97 Å². The Bertz CT molecular complexity index is 1930. The molecular formula is C34H20N2. The minimum absolute atomic E-state index is 0.369. The molecule has 0 aliphatic heterocycles. The maximum atomic E-state index is 5.00. The minimum atomic E-state index is -0.369. The summed E-state index contributed by atoms with van der Waals surface area (Å²) < 4.78 is 0. The van der Waals surface area contributed by atoms with E-state index >= 15 is 0 Å². The van der Waals surface area contributed by atoms with Gasteiger partial charge in [-0.05, 0) is 73.8 Å². The van der Waals surface area contributed by atoms with Crippen LogP contribution in [0.3, 0.4) is 0 Å². The maximum absolute atomic E-state index is 5.00. The fourth-order valence-electron chi connectivity index (χ4n) is 7.23. The highest BCUT2D eigenvalue weighted by Crippen LogP contribution is 2.64. The van der Waals surface area contributed by atoms with Crippen LogP contribution in [0.1, 0.15) is 33.4 Å². The van der Waals surface area contributed by atoms with Gasteiger partial charge in [0.1, 0.15) is 0 Å². The summed E-state index contributed by atoms with van der Waals surface area (Å²) in [7, 11) is 0. The lowest BCUT2D eigenvalue weighted by atomic mass is 9.70. The highest BCUT2D eigenvalue weighted by molar-refractivity contribution is 6.05. The summed E-state index contributed by atoms with van der Waals surface area (Å²) in [5.74, 6) is 0. The molecule has 166 valence electrons. The van der Waals surface area contributed by atoms with Crippen LogP contribution in [0, 0.1) is 0 Å². The molecule has 0 saturated carbocycles. The number of benzene rings is 4. The van der Waals surface area contributed by atoms with Crippen molar-refractivity contribution in [2.45, 2.75) is 11.8 Å². The fourth-order valence-corrected chi connectivity index (χ4v) is 7.23. The van der Waals surface area contributed by atoms with Crippen LogP contribution in [-0.2, 0) is 11.8 Å². The Kier molecular flexibility index (Phi) is 3.31. The van der Waals surface area contributed by atoms with E-state index in [0.717, 1.165) is 17.6 Å². The summed E-state index contributed by atoms with van der Waals surface area (Å²) in [5, 5.41) is 1.23. The molecule has 1 unspecified atom stereocenters. The van der Waals surface area contributed by atoms with E-state index < -0.39 is 0 Å². The Morgan fingerprint density at radius 1 is 0.556 bits per heavy atom. The Morgan fingerprint density at radius 2 is 1.33 bits per heavy atom. The zero-order chi connectivity index (χ0) is 23.4. The second kappa shape index (κ2) is 6.35. The second-order valence-electron chi connectivity index (χ2n) is 10.1. The van der Waals surface area contributed by atoms with Gasteiger partial charge in [-0.2, -0.15) is 0 Å². The van der Waals surface area contributed by atoms with Crippen LogP contribution in [0.5, 0.6) is 0 Å². The van der Waals surface area contributed by atoms with Crippen molar-refractivity contribution in [1.29, 1.82) is 0 Å². The van der Waals surface area contributed by atoms with Crippen LogP contribution < -0.4 is 0 Å². The molecule has 0 fully saturated rings. The first-order chi connectivity index (χ1) is 17.9. The van der Waals surface area contributed by atoms with Gasteiger partial charge in [0.15, 0.2) is 0 Å². The SMILES string of the molecule is c1cnc2c(c1)Cc1cc3c(cc1-2)-c1ccccc1C31c2ccccc2-c2c1cnc1ccccc21. The van der Waals surface area contributed by atoms with Crippen LogP contribution in [0.2, 0.25) is 0 Å². The van der Waals surface area contributed by atoms with Crippen LogP contribution >= 0.6 is 0 Å². The summed E-state index contributed by atoms with van der Waals surface area (Å²) >= 11 is 0. The highest BCUT2D eigenvalue weighted by atomic mass is 14.7. The van der Waals surface area contributed by atoms with Crippen molar-refractivity contribution in [3.8, 4) is 33.5 Å². The average molecular weight is 457 g/mol. The first-order valence-electron chi connectivity index (χ1n) is 12.6. The van der Waals surface area contributed by atoms with Crippen molar-refractivity contribution in [3.63, 3.8) is 0 Å². The predicted octanol–water partition coefficient (Wildman–Crippen LogP) is 7.54. The van der Waals surface area contributed by atoms with Crippen LogP contribution in [0.4, 0.5) is 0 Å². The topological polar surface area (TPSA) is 25.8 Å². The average Bonchev–Trinajstić information content (AvgIpc) is 3.55. The molecule has 3 aliphatic rings. The molecule has 0 radical (unpaired) electrons. The maximum Gasteiger partial charge on any atom is 0.0740 e. The number of para-hydroxylation sites is 1. The smallest absolute Gasteiger partial charge is 0.0740 e. The molecule has 36 heavy (non-hydrogen) atoms. The molecule has 4 aromatic carbocycles. The molecule has 9 rings (SSSR count). The molecule has 2 heterocycles. The number of nitrogens with zero attached hydrogens (tertiary/aromatic N) is 2. The zero-order valence-corrected chi connectivity index (χ0v) is 19.5. The third kappa shape index (κ3) is 2.02. The quantitative estimate of drug-likeness (QED) is 0.235. The lowest BCUT2D eigenvalue weighted by molar-refractivity contribution is 0.788. The first kappa shape index (κ1) is 18.7. The summed E-state index contributed by atoms with van der Waals surface area (Å²) in [5.41, 5.74) is 16.4. The number of rotatable bonds is 0. The van der Waals surface area contributed by atoms with Crippen molar-refractivity contribution >= 4 is 10.9 Å². The van der Waals surface area contributed by atoms with Gasteiger partial charge in [0.2, 0.25) is 0 Å². The van der Waals surface area contributed by atoms with E-state index in [0.29, 0.717) is 0 Å².